The number of nitro groups is 1. The SMILES string of the molecule is N#CCCSCC(=O)Nc1ccc([N+](=O)[O-])cc1. The first-order valence-electron chi connectivity index (χ1n) is 5.12. The van der Waals surface area contributed by atoms with E-state index >= 15 is 0 Å². The van der Waals surface area contributed by atoms with E-state index in [9.17, 15) is 14.9 Å². The van der Waals surface area contributed by atoms with Gasteiger partial charge in [-0.25, -0.2) is 0 Å². The van der Waals surface area contributed by atoms with E-state index in [1.54, 1.807) is 0 Å². The summed E-state index contributed by atoms with van der Waals surface area (Å²) in [5, 5.41) is 21.4. The Hall–Kier alpha value is -2.07. The number of thioether (sulfide) groups is 1. The largest absolute Gasteiger partial charge is 0.325 e. The molecular formula is C11H11N3O3S. The maximum atomic E-state index is 11.4. The first kappa shape index (κ1) is 14.0. The average Bonchev–Trinajstić information content (AvgIpc) is 2.35. The number of nitro benzene ring substituents is 1. The molecule has 0 radical (unpaired) electrons. The van der Waals surface area contributed by atoms with Crippen molar-refractivity contribution in [3.05, 3.63) is 34.4 Å². The molecule has 0 saturated carbocycles. The third-order valence-corrected chi connectivity index (χ3v) is 2.91. The van der Waals surface area contributed by atoms with Crippen LogP contribution in [0.5, 0.6) is 0 Å². The molecule has 0 fully saturated rings. The van der Waals surface area contributed by atoms with E-state index in [4.69, 9.17) is 5.26 Å². The van der Waals surface area contributed by atoms with Crippen LogP contribution >= 0.6 is 11.8 Å². The molecule has 0 aliphatic carbocycles. The smallest absolute Gasteiger partial charge is 0.269 e. The molecule has 1 rings (SSSR count). The number of hydrogen-bond donors (Lipinski definition) is 1. The summed E-state index contributed by atoms with van der Waals surface area (Å²) in [4.78, 5) is 21.4. The Morgan fingerprint density at radius 2 is 2.11 bits per heavy atom. The number of non-ortho nitro benzene ring substituents is 1. The van der Waals surface area contributed by atoms with Gasteiger partial charge in [0.15, 0.2) is 0 Å². The lowest BCUT2D eigenvalue weighted by molar-refractivity contribution is -0.384. The lowest BCUT2D eigenvalue weighted by Crippen LogP contribution is -2.14. The summed E-state index contributed by atoms with van der Waals surface area (Å²) < 4.78 is 0. The average molecular weight is 265 g/mol. The van der Waals surface area contributed by atoms with Gasteiger partial charge in [0.1, 0.15) is 0 Å². The first-order chi connectivity index (χ1) is 8.63. The van der Waals surface area contributed by atoms with E-state index < -0.39 is 4.92 Å². The summed E-state index contributed by atoms with van der Waals surface area (Å²) in [6.45, 7) is 0. The minimum absolute atomic E-state index is 0.0172. The fourth-order valence-electron chi connectivity index (χ4n) is 1.15. The van der Waals surface area contributed by atoms with Crippen molar-refractivity contribution in [1.29, 1.82) is 5.26 Å². The predicted molar refractivity (Wildman–Crippen MR) is 69.3 cm³/mol. The van der Waals surface area contributed by atoms with Crippen molar-refractivity contribution in [3.63, 3.8) is 0 Å². The molecule has 0 saturated heterocycles. The quantitative estimate of drug-likeness (QED) is 0.483. The molecule has 7 heteroatoms. The van der Waals surface area contributed by atoms with Crippen LogP contribution in [0, 0.1) is 21.4 Å². The van der Waals surface area contributed by atoms with Gasteiger partial charge in [-0.1, -0.05) is 0 Å². The van der Waals surface area contributed by atoms with E-state index in [-0.39, 0.29) is 17.3 Å². The Kier molecular flexibility index (Phi) is 5.67. The molecule has 0 aromatic heterocycles. The Morgan fingerprint density at radius 3 is 2.67 bits per heavy atom. The van der Waals surface area contributed by atoms with Crippen molar-refractivity contribution in [1.82, 2.24) is 0 Å². The third kappa shape index (κ3) is 4.84. The van der Waals surface area contributed by atoms with Crippen LogP contribution in [0.15, 0.2) is 24.3 Å². The number of nitriles is 1. The van der Waals surface area contributed by atoms with Crippen LogP contribution < -0.4 is 5.32 Å². The lowest BCUT2D eigenvalue weighted by atomic mass is 10.3. The van der Waals surface area contributed by atoms with E-state index in [0.29, 0.717) is 17.9 Å². The molecule has 6 nitrogen and oxygen atoms in total. The number of carbonyl (C=O) groups is 1. The van der Waals surface area contributed by atoms with Crippen LogP contribution in [-0.4, -0.2) is 22.3 Å². The Labute approximate surface area is 108 Å². The van der Waals surface area contributed by atoms with Crippen molar-refractivity contribution in [3.8, 4) is 6.07 Å². The van der Waals surface area contributed by atoms with Gasteiger partial charge in [0.05, 0.1) is 16.7 Å². The third-order valence-electron chi connectivity index (χ3n) is 1.95. The molecule has 0 aliphatic heterocycles. The number of benzene rings is 1. The zero-order chi connectivity index (χ0) is 13.4. The van der Waals surface area contributed by atoms with Gasteiger partial charge in [0, 0.05) is 30.0 Å². The lowest BCUT2D eigenvalue weighted by Gasteiger charge is -2.04. The van der Waals surface area contributed by atoms with Gasteiger partial charge in [-0.2, -0.15) is 17.0 Å². The second kappa shape index (κ2) is 7.29. The van der Waals surface area contributed by atoms with Gasteiger partial charge in [0.2, 0.25) is 5.91 Å². The van der Waals surface area contributed by atoms with Crippen molar-refractivity contribution >= 4 is 29.0 Å². The second-order valence-electron chi connectivity index (χ2n) is 3.31. The summed E-state index contributed by atoms with van der Waals surface area (Å²) in [5.74, 6) is 0.690. The minimum atomic E-state index is -0.497. The summed E-state index contributed by atoms with van der Waals surface area (Å²) >= 11 is 1.37. The normalized spacial score (nSPS) is 9.50. The molecule has 0 heterocycles. The maximum absolute atomic E-state index is 11.4. The molecule has 1 aromatic carbocycles. The van der Waals surface area contributed by atoms with Crippen molar-refractivity contribution < 1.29 is 9.72 Å². The molecule has 0 bridgehead atoms. The Bertz CT molecular complexity index is 467. The molecule has 0 atom stereocenters. The van der Waals surface area contributed by atoms with Crippen molar-refractivity contribution in [2.45, 2.75) is 6.42 Å². The van der Waals surface area contributed by atoms with Gasteiger partial charge in [-0.15, -0.1) is 0 Å². The first-order valence-corrected chi connectivity index (χ1v) is 6.28. The van der Waals surface area contributed by atoms with Gasteiger partial charge in [0.25, 0.3) is 5.69 Å². The van der Waals surface area contributed by atoms with E-state index in [0.717, 1.165) is 0 Å². The number of amides is 1. The highest BCUT2D eigenvalue weighted by atomic mass is 32.2. The van der Waals surface area contributed by atoms with Gasteiger partial charge < -0.3 is 5.32 Å². The molecule has 0 unspecified atom stereocenters. The number of nitrogens with one attached hydrogen (secondary N) is 1. The van der Waals surface area contributed by atoms with E-state index in [2.05, 4.69) is 5.32 Å². The zero-order valence-electron chi connectivity index (χ0n) is 9.46. The molecule has 0 spiro atoms. The monoisotopic (exact) mass is 265 g/mol. The second-order valence-corrected chi connectivity index (χ2v) is 4.42. The fraction of sp³-hybridized carbons (Fsp3) is 0.273. The van der Waals surface area contributed by atoms with Crippen molar-refractivity contribution in [2.75, 3.05) is 16.8 Å². The number of nitrogens with zero attached hydrogens (tertiary/aromatic N) is 2. The highest BCUT2D eigenvalue weighted by Gasteiger charge is 2.06. The van der Waals surface area contributed by atoms with E-state index in [1.165, 1.54) is 36.0 Å². The van der Waals surface area contributed by atoms with Crippen molar-refractivity contribution in [2.24, 2.45) is 0 Å². The van der Waals surface area contributed by atoms with Crippen LogP contribution in [0.3, 0.4) is 0 Å². The fourth-order valence-corrected chi connectivity index (χ4v) is 1.78. The summed E-state index contributed by atoms with van der Waals surface area (Å²) in [7, 11) is 0. The van der Waals surface area contributed by atoms with E-state index in [1.807, 2.05) is 6.07 Å². The molecule has 1 aromatic rings. The Morgan fingerprint density at radius 1 is 1.44 bits per heavy atom. The highest BCUT2D eigenvalue weighted by Crippen LogP contribution is 2.15. The number of carbonyl (C=O) groups excluding carboxylic acids is 1. The van der Waals surface area contributed by atoms with Crippen LogP contribution in [0.4, 0.5) is 11.4 Å². The van der Waals surface area contributed by atoms with Gasteiger partial charge >= 0.3 is 0 Å². The van der Waals surface area contributed by atoms with Crippen LogP contribution in [0.2, 0.25) is 0 Å². The van der Waals surface area contributed by atoms with Crippen LogP contribution in [0.1, 0.15) is 6.42 Å². The molecule has 1 N–H and O–H groups in total. The summed E-state index contributed by atoms with van der Waals surface area (Å²) in [6.07, 6.45) is 0.412. The number of hydrogen-bond acceptors (Lipinski definition) is 5. The topological polar surface area (TPSA) is 96.0 Å². The molecular weight excluding hydrogens is 254 g/mol. The molecule has 0 aliphatic rings. The number of anilines is 1. The number of rotatable bonds is 6. The predicted octanol–water partition coefficient (Wildman–Crippen LogP) is 2.18. The zero-order valence-corrected chi connectivity index (χ0v) is 10.3. The highest BCUT2D eigenvalue weighted by molar-refractivity contribution is 7.99. The van der Waals surface area contributed by atoms with Crippen LogP contribution in [0.25, 0.3) is 0 Å². The molecule has 1 amide bonds. The molecule has 94 valence electrons. The standard InChI is InChI=1S/C11H11N3O3S/c12-6-1-7-18-8-11(15)13-9-2-4-10(5-3-9)14(16)17/h2-5H,1,7-8H2,(H,13,15). The van der Waals surface area contributed by atoms with Gasteiger partial charge in [-0.3, -0.25) is 14.9 Å². The summed E-state index contributed by atoms with van der Waals surface area (Å²) in [6, 6.07) is 7.62. The Balaban J connectivity index is 2.40. The minimum Gasteiger partial charge on any atom is -0.325 e. The summed E-state index contributed by atoms with van der Waals surface area (Å²) in [5.41, 5.74) is 0.503. The van der Waals surface area contributed by atoms with Gasteiger partial charge in [-0.05, 0) is 12.1 Å². The maximum Gasteiger partial charge on any atom is 0.269 e. The van der Waals surface area contributed by atoms with Crippen LogP contribution in [-0.2, 0) is 4.79 Å². The molecule has 18 heavy (non-hydrogen) atoms.